The molecule has 0 spiro atoms. The fourth-order valence-electron chi connectivity index (χ4n) is 1.92. The van der Waals surface area contributed by atoms with Crippen molar-refractivity contribution < 1.29 is 9.53 Å². The number of carbonyl (C=O) groups is 1. The van der Waals surface area contributed by atoms with Gasteiger partial charge in [0.1, 0.15) is 23.5 Å². The molecule has 6 nitrogen and oxygen atoms in total. The van der Waals surface area contributed by atoms with Gasteiger partial charge < -0.3 is 15.4 Å². The van der Waals surface area contributed by atoms with E-state index < -0.39 is 6.04 Å². The predicted molar refractivity (Wildman–Crippen MR) is 79.8 cm³/mol. The molecule has 1 atom stereocenters. The first-order valence-corrected chi connectivity index (χ1v) is 6.90. The Labute approximate surface area is 120 Å². The highest BCUT2D eigenvalue weighted by molar-refractivity contribution is 5.79. The average Bonchev–Trinajstić information content (AvgIpc) is 2.36. The fourth-order valence-corrected chi connectivity index (χ4v) is 1.92. The Morgan fingerprint density at radius 3 is 2.55 bits per heavy atom. The van der Waals surface area contributed by atoms with Crippen molar-refractivity contribution in [3.05, 3.63) is 11.9 Å². The first-order valence-electron chi connectivity index (χ1n) is 6.90. The molecule has 0 bridgehead atoms. The van der Waals surface area contributed by atoms with Crippen molar-refractivity contribution in [2.24, 2.45) is 5.92 Å². The smallest absolute Gasteiger partial charge is 0.328 e. The SMILES string of the molecule is CCNc1cc(NC(CC(C)C)C(=O)OC)nc(C)n1. The van der Waals surface area contributed by atoms with E-state index in [1.165, 1.54) is 7.11 Å². The third-order valence-corrected chi connectivity index (χ3v) is 2.71. The molecule has 1 aromatic rings. The number of aryl methyl sites for hydroxylation is 1. The largest absolute Gasteiger partial charge is 0.467 e. The van der Waals surface area contributed by atoms with Crippen LogP contribution in [0, 0.1) is 12.8 Å². The van der Waals surface area contributed by atoms with Gasteiger partial charge in [-0.05, 0) is 26.2 Å². The highest BCUT2D eigenvalue weighted by Gasteiger charge is 2.21. The van der Waals surface area contributed by atoms with Crippen LogP contribution in [0.5, 0.6) is 0 Å². The highest BCUT2D eigenvalue weighted by Crippen LogP contribution is 2.15. The fraction of sp³-hybridized carbons (Fsp3) is 0.643. The zero-order chi connectivity index (χ0) is 15.1. The molecule has 0 aliphatic rings. The van der Waals surface area contributed by atoms with Crippen molar-refractivity contribution >= 4 is 17.6 Å². The molecular formula is C14H24N4O2. The van der Waals surface area contributed by atoms with Gasteiger partial charge in [0.15, 0.2) is 0 Å². The van der Waals surface area contributed by atoms with E-state index in [-0.39, 0.29) is 5.97 Å². The number of ether oxygens (including phenoxy) is 1. The number of hydrogen-bond acceptors (Lipinski definition) is 6. The predicted octanol–water partition coefficient (Wildman–Crippen LogP) is 2.22. The topological polar surface area (TPSA) is 76.1 Å². The Hall–Kier alpha value is -1.85. The number of esters is 1. The summed E-state index contributed by atoms with van der Waals surface area (Å²) in [6.45, 7) is 8.73. The Balaban J connectivity index is 2.89. The number of carbonyl (C=O) groups excluding carboxylic acids is 1. The zero-order valence-corrected chi connectivity index (χ0v) is 12.9. The van der Waals surface area contributed by atoms with Crippen molar-refractivity contribution in [2.75, 3.05) is 24.3 Å². The second kappa shape index (κ2) is 7.67. The number of rotatable bonds is 7. The van der Waals surface area contributed by atoms with E-state index in [1.54, 1.807) is 6.07 Å². The molecule has 0 radical (unpaired) electrons. The summed E-state index contributed by atoms with van der Waals surface area (Å²) < 4.78 is 4.83. The molecular weight excluding hydrogens is 256 g/mol. The van der Waals surface area contributed by atoms with E-state index in [2.05, 4.69) is 34.4 Å². The highest BCUT2D eigenvalue weighted by atomic mass is 16.5. The van der Waals surface area contributed by atoms with Gasteiger partial charge >= 0.3 is 5.97 Å². The lowest BCUT2D eigenvalue weighted by Crippen LogP contribution is -2.32. The number of nitrogens with one attached hydrogen (secondary N) is 2. The minimum absolute atomic E-state index is 0.278. The summed E-state index contributed by atoms with van der Waals surface area (Å²) in [7, 11) is 1.40. The minimum Gasteiger partial charge on any atom is -0.467 e. The van der Waals surface area contributed by atoms with Gasteiger partial charge in [0.25, 0.3) is 0 Å². The van der Waals surface area contributed by atoms with Crippen LogP contribution in [0.25, 0.3) is 0 Å². The number of anilines is 2. The zero-order valence-electron chi connectivity index (χ0n) is 12.9. The Morgan fingerprint density at radius 1 is 1.35 bits per heavy atom. The van der Waals surface area contributed by atoms with Crippen LogP contribution in [0.3, 0.4) is 0 Å². The van der Waals surface area contributed by atoms with Gasteiger partial charge in [-0.3, -0.25) is 0 Å². The van der Waals surface area contributed by atoms with Gasteiger partial charge in [-0.15, -0.1) is 0 Å². The molecule has 112 valence electrons. The van der Waals surface area contributed by atoms with E-state index in [4.69, 9.17) is 4.74 Å². The van der Waals surface area contributed by atoms with Crippen molar-refractivity contribution in [3.8, 4) is 0 Å². The van der Waals surface area contributed by atoms with Crippen LogP contribution >= 0.6 is 0 Å². The van der Waals surface area contributed by atoms with Crippen LogP contribution in [-0.4, -0.2) is 35.6 Å². The summed E-state index contributed by atoms with van der Waals surface area (Å²) >= 11 is 0. The molecule has 6 heteroatoms. The monoisotopic (exact) mass is 280 g/mol. The number of hydrogen-bond donors (Lipinski definition) is 2. The summed E-state index contributed by atoms with van der Waals surface area (Å²) in [5.41, 5.74) is 0. The molecule has 0 amide bonds. The number of nitrogens with zero attached hydrogens (tertiary/aromatic N) is 2. The molecule has 0 saturated heterocycles. The van der Waals surface area contributed by atoms with Crippen LogP contribution in [0.4, 0.5) is 11.6 Å². The molecule has 0 saturated carbocycles. The van der Waals surface area contributed by atoms with Gasteiger partial charge in [0.2, 0.25) is 0 Å². The van der Waals surface area contributed by atoms with Crippen molar-refractivity contribution in [1.82, 2.24) is 9.97 Å². The van der Waals surface area contributed by atoms with Crippen LogP contribution < -0.4 is 10.6 Å². The first-order chi connectivity index (χ1) is 9.46. The van der Waals surface area contributed by atoms with Gasteiger partial charge in [-0.25, -0.2) is 14.8 Å². The third-order valence-electron chi connectivity index (χ3n) is 2.71. The number of methoxy groups -OCH3 is 1. The van der Waals surface area contributed by atoms with E-state index in [9.17, 15) is 4.79 Å². The normalized spacial score (nSPS) is 12.1. The molecule has 1 unspecified atom stereocenters. The molecule has 20 heavy (non-hydrogen) atoms. The Kier molecular flexibility index (Phi) is 6.21. The van der Waals surface area contributed by atoms with E-state index in [1.807, 2.05) is 13.8 Å². The summed E-state index contributed by atoms with van der Waals surface area (Å²) in [5, 5.41) is 6.27. The summed E-state index contributed by atoms with van der Waals surface area (Å²) in [6, 6.07) is 1.40. The van der Waals surface area contributed by atoms with Gasteiger partial charge in [-0.2, -0.15) is 0 Å². The lowest BCUT2D eigenvalue weighted by Gasteiger charge is -2.19. The van der Waals surface area contributed by atoms with Gasteiger partial charge in [0.05, 0.1) is 7.11 Å². The summed E-state index contributed by atoms with van der Waals surface area (Å²) in [6.07, 6.45) is 0.687. The standard InChI is InChI=1S/C14H24N4O2/c1-6-15-12-8-13(17-10(4)16-12)18-11(7-9(2)3)14(19)20-5/h8-9,11H,6-7H2,1-5H3,(H2,15,16,17,18). The maximum atomic E-state index is 11.8. The third kappa shape index (κ3) is 5.03. The Morgan fingerprint density at radius 2 is 2.00 bits per heavy atom. The first kappa shape index (κ1) is 16.2. The molecule has 1 heterocycles. The van der Waals surface area contributed by atoms with Gasteiger partial charge in [-0.1, -0.05) is 13.8 Å². The van der Waals surface area contributed by atoms with Crippen LogP contribution in [0.15, 0.2) is 6.07 Å². The van der Waals surface area contributed by atoms with Crippen molar-refractivity contribution in [3.63, 3.8) is 0 Å². The summed E-state index contributed by atoms with van der Waals surface area (Å²) in [4.78, 5) is 20.4. The van der Waals surface area contributed by atoms with Crippen molar-refractivity contribution in [2.45, 2.75) is 40.2 Å². The maximum absolute atomic E-state index is 11.8. The van der Waals surface area contributed by atoms with Crippen molar-refractivity contribution in [1.29, 1.82) is 0 Å². The van der Waals surface area contributed by atoms with E-state index >= 15 is 0 Å². The second-order valence-corrected chi connectivity index (χ2v) is 5.07. The molecule has 0 aromatic carbocycles. The summed E-state index contributed by atoms with van der Waals surface area (Å²) in [5.74, 6) is 2.13. The molecule has 2 N–H and O–H groups in total. The average molecular weight is 280 g/mol. The van der Waals surface area contributed by atoms with Crippen LogP contribution in [0.1, 0.15) is 33.0 Å². The van der Waals surface area contributed by atoms with Crippen LogP contribution in [-0.2, 0) is 9.53 Å². The Bertz CT molecular complexity index is 449. The molecule has 1 aromatic heterocycles. The quantitative estimate of drug-likeness (QED) is 0.746. The van der Waals surface area contributed by atoms with Crippen LogP contribution in [0.2, 0.25) is 0 Å². The molecule has 0 fully saturated rings. The second-order valence-electron chi connectivity index (χ2n) is 5.07. The lowest BCUT2D eigenvalue weighted by molar-refractivity contribution is -0.141. The number of aromatic nitrogens is 2. The lowest BCUT2D eigenvalue weighted by atomic mass is 10.0. The minimum atomic E-state index is -0.399. The van der Waals surface area contributed by atoms with E-state index in [0.29, 0.717) is 24.0 Å². The molecule has 1 rings (SSSR count). The van der Waals surface area contributed by atoms with E-state index in [0.717, 1.165) is 12.4 Å². The maximum Gasteiger partial charge on any atom is 0.328 e. The van der Waals surface area contributed by atoms with Gasteiger partial charge in [0, 0.05) is 12.6 Å². The molecule has 0 aliphatic heterocycles. The molecule has 0 aliphatic carbocycles.